The Labute approximate surface area is 118 Å². The van der Waals surface area contributed by atoms with Gasteiger partial charge in [-0.1, -0.05) is 13.3 Å². The molecule has 0 unspecified atom stereocenters. The van der Waals surface area contributed by atoms with Crippen LogP contribution in [0.5, 0.6) is 0 Å². The van der Waals surface area contributed by atoms with Crippen LogP contribution in [0.15, 0.2) is 17.1 Å². The van der Waals surface area contributed by atoms with Crippen molar-refractivity contribution in [3.63, 3.8) is 0 Å². The highest BCUT2D eigenvalue weighted by molar-refractivity contribution is 5.75. The molecule has 6 heteroatoms. The summed E-state index contributed by atoms with van der Waals surface area (Å²) >= 11 is 0. The van der Waals surface area contributed by atoms with Gasteiger partial charge in [0, 0.05) is 19.2 Å². The summed E-state index contributed by atoms with van der Waals surface area (Å²) in [4.78, 5) is 23.5. The van der Waals surface area contributed by atoms with Gasteiger partial charge in [0.1, 0.15) is 6.54 Å². The molecule has 1 aromatic heterocycles. The third-order valence-corrected chi connectivity index (χ3v) is 3.31. The Morgan fingerprint density at radius 3 is 2.95 bits per heavy atom. The minimum atomic E-state index is -0.253. The first-order valence-corrected chi connectivity index (χ1v) is 7.26. The second-order valence-electron chi connectivity index (χ2n) is 5.27. The van der Waals surface area contributed by atoms with Crippen molar-refractivity contribution in [1.29, 1.82) is 0 Å². The Bertz CT molecular complexity index is 508. The topological polar surface area (TPSA) is 76.0 Å². The maximum Gasteiger partial charge on any atom is 0.269 e. The number of nitrogens with one attached hydrogen (secondary N) is 2. The number of amides is 1. The van der Waals surface area contributed by atoms with Crippen LogP contribution < -0.4 is 16.2 Å². The highest BCUT2D eigenvalue weighted by Gasteiger charge is 2.20. The zero-order valence-electron chi connectivity index (χ0n) is 11.9. The van der Waals surface area contributed by atoms with Gasteiger partial charge >= 0.3 is 0 Å². The zero-order chi connectivity index (χ0) is 14.4. The van der Waals surface area contributed by atoms with E-state index >= 15 is 0 Å². The molecule has 6 nitrogen and oxygen atoms in total. The second-order valence-corrected chi connectivity index (χ2v) is 5.27. The summed E-state index contributed by atoms with van der Waals surface area (Å²) in [6, 6.07) is 1.49. The summed E-state index contributed by atoms with van der Waals surface area (Å²) < 4.78 is 1.18. The Hall–Kier alpha value is -1.85. The predicted molar refractivity (Wildman–Crippen MR) is 77.6 cm³/mol. The Morgan fingerprint density at radius 2 is 2.30 bits per heavy atom. The third kappa shape index (κ3) is 4.68. The molecule has 20 heavy (non-hydrogen) atoms. The summed E-state index contributed by atoms with van der Waals surface area (Å²) in [6.07, 6.45) is 6.09. The minimum absolute atomic E-state index is 0.0224. The predicted octanol–water partition coefficient (Wildman–Crippen LogP) is 0.981. The minimum Gasteiger partial charge on any atom is -0.383 e. The molecule has 2 N–H and O–H groups in total. The molecule has 1 heterocycles. The number of rotatable bonds is 8. The van der Waals surface area contributed by atoms with E-state index in [4.69, 9.17) is 0 Å². The molecular formula is C14H22N4O2. The second kappa shape index (κ2) is 7.07. The maximum absolute atomic E-state index is 11.8. The van der Waals surface area contributed by atoms with Gasteiger partial charge in [-0.3, -0.25) is 9.59 Å². The van der Waals surface area contributed by atoms with E-state index in [-0.39, 0.29) is 18.0 Å². The average Bonchev–Trinajstić information content (AvgIpc) is 3.24. The van der Waals surface area contributed by atoms with Gasteiger partial charge in [-0.2, -0.15) is 5.10 Å². The molecule has 0 saturated heterocycles. The SMILES string of the molecule is CCCCNC(=O)Cn1ncc(NCC2CC2)cc1=O. The molecule has 1 aliphatic rings. The normalized spacial score (nSPS) is 14.1. The molecule has 1 aromatic rings. The Morgan fingerprint density at radius 1 is 1.50 bits per heavy atom. The van der Waals surface area contributed by atoms with Crippen molar-refractivity contribution < 1.29 is 4.79 Å². The number of aromatic nitrogens is 2. The van der Waals surface area contributed by atoms with Gasteiger partial charge in [0.25, 0.3) is 5.56 Å². The van der Waals surface area contributed by atoms with Gasteiger partial charge in [-0.05, 0) is 25.2 Å². The van der Waals surface area contributed by atoms with Crippen molar-refractivity contribution in [3.8, 4) is 0 Å². The fourth-order valence-corrected chi connectivity index (χ4v) is 1.83. The summed E-state index contributed by atoms with van der Waals surface area (Å²) in [5.74, 6) is 0.563. The van der Waals surface area contributed by atoms with Crippen LogP contribution in [0.25, 0.3) is 0 Å². The van der Waals surface area contributed by atoms with Crippen LogP contribution in [-0.4, -0.2) is 28.8 Å². The molecule has 0 bridgehead atoms. The van der Waals surface area contributed by atoms with E-state index in [9.17, 15) is 9.59 Å². The van der Waals surface area contributed by atoms with E-state index in [1.165, 1.54) is 23.6 Å². The van der Waals surface area contributed by atoms with Crippen molar-refractivity contribution in [2.24, 2.45) is 5.92 Å². The molecule has 0 aromatic carbocycles. The number of anilines is 1. The first-order chi connectivity index (χ1) is 9.69. The summed E-state index contributed by atoms with van der Waals surface area (Å²) in [5, 5.41) is 9.99. The lowest BCUT2D eigenvalue weighted by Gasteiger charge is -2.08. The lowest BCUT2D eigenvalue weighted by atomic mass is 10.3. The fourth-order valence-electron chi connectivity index (χ4n) is 1.83. The Balaban J connectivity index is 1.84. The highest BCUT2D eigenvalue weighted by atomic mass is 16.2. The van der Waals surface area contributed by atoms with Gasteiger partial charge in [-0.25, -0.2) is 4.68 Å². The van der Waals surface area contributed by atoms with E-state index in [1.807, 2.05) is 0 Å². The third-order valence-electron chi connectivity index (χ3n) is 3.31. The number of hydrogen-bond acceptors (Lipinski definition) is 4. The average molecular weight is 278 g/mol. The van der Waals surface area contributed by atoms with E-state index in [0.29, 0.717) is 6.54 Å². The largest absolute Gasteiger partial charge is 0.383 e. The first kappa shape index (κ1) is 14.6. The van der Waals surface area contributed by atoms with Gasteiger partial charge in [0.15, 0.2) is 0 Å². The van der Waals surface area contributed by atoms with Crippen LogP contribution in [0.2, 0.25) is 0 Å². The number of nitrogens with zero attached hydrogens (tertiary/aromatic N) is 2. The van der Waals surface area contributed by atoms with Gasteiger partial charge < -0.3 is 10.6 Å². The number of carbonyl (C=O) groups is 1. The number of unbranched alkanes of at least 4 members (excludes halogenated alkanes) is 1. The molecule has 1 amide bonds. The van der Waals surface area contributed by atoms with Crippen molar-refractivity contribution in [1.82, 2.24) is 15.1 Å². The molecule has 1 fully saturated rings. The van der Waals surface area contributed by atoms with E-state index in [0.717, 1.165) is 31.0 Å². The lowest BCUT2D eigenvalue weighted by Crippen LogP contribution is -2.33. The van der Waals surface area contributed by atoms with Gasteiger partial charge in [-0.15, -0.1) is 0 Å². The zero-order valence-corrected chi connectivity index (χ0v) is 11.9. The standard InChI is InChI=1S/C14H22N4O2/c1-2-3-6-15-13(19)10-18-14(20)7-12(9-17-18)16-8-11-4-5-11/h7,9,11,16H,2-6,8,10H2,1H3,(H,15,19). The van der Waals surface area contributed by atoms with E-state index in [1.54, 1.807) is 6.20 Å². The molecule has 0 aliphatic heterocycles. The molecular weight excluding hydrogens is 256 g/mol. The van der Waals surface area contributed by atoms with E-state index < -0.39 is 0 Å². The summed E-state index contributed by atoms with van der Waals surface area (Å²) in [7, 11) is 0. The van der Waals surface area contributed by atoms with Crippen LogP contribution in [0, 0.1) is 5.92 Å². The molecule has 1 aliphatic carbocycles. The molecule has 0 radical (unpaired) electrons. The van der Waals surface area contributed by atoms with Crippen LogP contribution in [0.1, 0.15) is 32.6 Å². The highest BCUT2D eigenvalue weighted by Crippen LogP contribution is 2.28. The van der Waals surface area contributed by atoms with Crippen molar-refractivity contribution in [2.75, 3.05) is 18.4 Å². The van der Waals surface area contributed by atoms with Crippen LogP contribution in [0.4, 0.5) is 5.69 Å². The smallest absolute Gasteiger partial charge is 0.269 e. The van der Waals surface area contributed by atoms with Crippen molar-refractivity contribution >= 4 is 11.6 Å². The molecule has 110 valence electrons. The monoisotopic (exact) mass is 278 g/mol. The van der Waals surface area contributed by atoms with Gasteiger partial charge in [0.05, 0.1) is 11.9 Å². The quantitative estimate of drug-likeness (QED) is 0.695. The Kier molecular flexibility index (Phi) is 5.15. The molecule has 2 rings (SSSR count). The number of carbonyl (C=O) groups excluding carboxylic acids is 1. The van der Waals surface area contributed by atoms with E-state index in [2.05, 4.69) is 22.7 Å². The lowest BCUT2D eigenvalue weighted by molar-refractivity contribution is -0.121. The summed E-state index contributed by atoms with van der Waals surface area (Å²) in [5.41, 5.74) is 0.473. The number of hydrogen-bond donors (Lipinski definition) is 2. The van der Waals surface area contributed by atoms with Crippen LogP contribution in [-0.2, 0) is 11.3 Å². The molecule has 1 saturated carbocycles. The van der Waals surface area contributed by atoms with Crippen molar-refractivity contribution in [2.45, 2.75) is 39.2 Å². The fraction of sp³-hybridized carbons (Fsp3) is 0.643. The first-order valence-electron chi connectivity index (χ1n) is 7.26. The van der Waals surface area contributed by atoms with Crippen LogP contribution in [0.3, 0.4) is 0 Å². The van der Waals surface area contributed by atoms with Crippen LogP contribution >= 0.6 is 0 Å². The molecule has 0 atom stereocenters. The summed E-state index contributed by atoms with van der Waals surface area (Å²) in [6.45, 7) is 3.57. The van der Waals surface area contributed by atoms with Gasteiger partial charge in [0.2, 0.25) is 5.91 Å². The van der Waals surface area contributed by atoms with Crippen molar-refractivity contribution in [3.05, 3.63) is 22.6 Å². The maximum atomic E-state index is 11.8. The molecule has 0 spiro atoms.